The fraction of sp³-hybridized carbons (Fsp3) is 1.00. The van der Waals surface area contributed by atoms with Gasteiger partial charge in [0.05, 0.1) is 31.2 Å². The van der Waals surface area contributed by atoms with Crippen LogP contribution in [-0.4, -0.2) is 28.6 Å². The Morgan fingerprint density at radius 3 is 2.82 bits per heavy atom. The van der Waals surface area contributed by atoms with Crippen molar-refractivity contribution < 1.29 is 17.7 Å². The maximum Gasteiger partial charge on any atom is 0.0842 e. The van der Waals surface area contributed by atoms with Gasteiger partial charge in [-0.05, 0) is 5.92 Å². The summed E-state index contributed by atoms with van der Waals surface area (Å²) < 4.78 is 29.3. The fourth-order valence-corrected chi connectivity index (χ4v) is 1.21. The van der Waals surface area contributed by atoms with Crippen LogP contribution in [-0.2, 0) is 20.3 Å². The SMILES string of the molecule is CC(COS(=O)[O-])C1COC1. The molecule has 0 aromatic rings. The van der Waals surface area contributed by atoms with E-state index >= 15 is 0 Å². The first-order chi connectivity index (χ1) is 5.20. The van der Waals surface area contributed by atoms with Gasteiger partial charge in [0.15, 0.2) is 0 Å². The number of hydrogen-bond acceptors (Lipinski definition) is 4. The zero-order valence-corrected chi connectivity index (χ0v) is 7.13. The first-order valence-electron chi connectivity index (χ1n) is 3.50. The van der Waals surface area contributed by atoms with Gasteiger partial charge in [0.25, 0.3) is 0 Å². The summed E-state index contributed by atoms with van der Waals surface area (Å²) in [5.41, 5.74) is 0. The van der Waals surface area contributed by atoms with Gasteiger partial charge >= 0.3 is 0 Å². The molecule has 5 heteroatoms. The topological polar surface area (TPSA) is 58.6 Å². The molecule has 4 nitrogen and oxygen atoms in total. The van der Waals surface area contributed by atoms with Gasteiger partial charge in [0, 0.05) is 5.92 Å². The van der Waals surface area contributed by atoms with Crippen molar-refractivity contribution in [3.8, 4) is 0 Å². The molecule has 1 rings (SSSR count). The Hall–Kier alpha value is 0.0300. The lowest BCUT2D eigenvalue weighted by atomic mass is 9.94. The standard InChI is InChI=1S/C6H12O4S/c1-5(2-10-11(7)8)6-3-9-4-6/h5-6H,2-4H2,1H3,(H,7,8)/p-1. The van der Waals surface area contributed by atoms with Crippen molar-refractivity contribution in [3.63, 3.8) is 0 Å². The Morgan fingerprint density at radius 1 is 1.82 bits per heavy atom. The molecule has 1 aliphatic heterocycles. The zero-order valence-electron chi connectivity index (χ0n) is 6.32. The van der Waals surface area contributed by atoms with Crippen molar-refractivity contribution in [1.29, 1.82) is 0 Å². The third kappa shape index (κ3) is 2.86. The van der Waals surface area contributed by atoms with E-state index in [0.29, 0.717) is 5.92 Å². The molecule has 1 heterocycles. The molecule has 2 atom stereocenters. The number of hydrogen-bond donors (Lipinski definition) is 0. The molecule has 1 fully saturated rings. The molecule has 66 valence electrons. The molecule has 1 aliphatic rings. The first kappa shape index (κ1) is 9.12. The normalized spacial score (nSPS) is 24.2. The van der Waals surface area contributed by atoms with E-state index in [1.807, 2.05) is 6.92 Å². The van der Waals surface area contributed by atoms with Crippen LogP contribution in [0, 0.1) is 11.8 Å². The van der Waals surface area contributed by atoms with Crippen molar-refractivity contribution in [2.75, 3.05) is 19.8 Å². The van der Waals surface area contributed by atoms with Crippen LogP contribution in [0.25, 0.3) is 0 Å². The van der Waals surface area contributed by atoms with Gasteiger partial charge in [-0.3, -0.25) is 0 Å². The highest BCUT2D eigenvalue weighted by Gasteiger charge is 2.24. The van der Waals surface area contributed by atoms with E-state index in [2.05, 4.69) is 4.18 Å². The molecule has 0 bridgehead atoms. The van der Waals surface area contributed by atoms with E-state index in [4.69, 9.17) is 4.74 Å². The minimum absolute atomic E-state index is 0.265. The van der Waals surface area contributed by atoms with Gasteiger partial charge < -0.3 is 13.5 Å². The predicted octanol–water partition coefficient (Wildman–Crippen LogP) is 0.0796. The van der Waals surface area contributed by atoms with Crippen molar-refractivity contribution in [1.82, 2.24) is 0 Å². The van der Waals surface area contributed by atoms with Crippen molar-refractivity contribution in [3.05, 3.63) is 0 Å². The fourth-order valence-electron chi connectivity index (χ4n) is 0.881. The van der Waals surface area contributed by atoms with Crippen molar-refractivity contribution in [2.24, 2.45) is 11.8 Å². The molecular weight excluding hydrogens is 168 g/mol. The van der Waals surface area contributed by atoms with Gasteiger partial charge in [0.1, 0.15) is 0 Å². The molecule has 0 aromatic heterocycles. The minimum atomic E-state index is -2.37. The smallest absolute Gasteiger partial charge is 0.0842 e. The average molecular weight is 179 g/mol. The highest BCUT2D eigenvalue weighted by atomic mass is 32.2. The van der Waals surface area contributed by atoms with Crippen LogP contribution >= 0.6 is 0 Å². The molecular formula is C6H11O4S-. The summed E-state index contributed by atoms with van der Waals surface area (Å²) in [6, 6.07) is 0. The van der Waals surface area contributed by atoms with Crippen LogP contribution in [0.15, 0.2) is 0 Å². The van der Waals surface area contributed by atoms with Crippen molar-refractivity contribution in [2.45, 2.75) is 6.92 Å². The molecule has 11 heavy (non-hydrogen) atoms. The molecule has 0 aromatic carbocycles. The summed E-state index contributed by atoms with van der Waals surface area (Å²) in [6.45, 7) is 3.69. The highest BCUT2D eigenvalue weighted by Crippen LogP contribution is 2.20. The summed E-state index contributed by atoms with van der Waals surface area (Å²) in [7, 11) is 0. The largest absolute Gasteiger partial charge is 0.750 e. The predicted molar refractivity (Wildman–Crippen MR) is 38.3 cm³/mol. The zero-order chi connectivity index (χ0) is 8.27. The summed E-state index contributed by atoms with van der Waals surface area (Å²) in [5.74, 6) is 0.736. The van der Waals surface area contributed by atoms with Crippen LogP contribution in [0.4, 0.5) is 0 Å². The molecule has 0 spiro atoms. The Balaban J connectivity index is 2.09. The number of ether oxygens (including phenoxy) is 1. The van der Waals surface area contributed by atoms with Gasteiger partial charge in [0.2, 0.25) is 0 Å². The van der Waals surface area contributed by atoms with Crippen molar-refractivity contribution >= 4 is 11.4 Å². The van der Waals surface area contributed by atoms with Crippen LogP contribution in [0.3, 0.4) is 0 Å². The van der Waals surface area contributed by atoms with Gasteiger partial charge in [-0.1, -0.05) is 6.92 Å². The summed E-state index contributed by atoms with van der Waals surface area (Å²) >= 11 is -2.37. The van der Waals surface area contributed by atoms with E-state index in [-0.39, 0.29) is 12.5 Å². The molecule has 0 amide bonds. The molecule has 0 saturated carbocycles. The third-order valence-electron chi connectivity index (χ3n) is 1.90. The van der Waals surface area contributed by atoms with Crippen LogP contribution in [0.2, 0.25) is 0 Å². The number of rotatable bonds is 4. The van der Waals surface area contributed by atoms with Gasteiger partial charge in [-0.15, -0.1) is 0 Å². The van der Waals surface area contributed by atoms with Crippen LogP contribution in [0.1, 0.15) is 6.92 Å². The molecule has 0 aliphatic carbocycles. The monoisotopic (exact) mass is 179 g/mol. The maximum atomic E-state index is 9.98. The highest BCUT2D eigenvalue weighted by molar-refractivity contribution is 7.74. The van der Waals surface area contributed by atoms with E-state index in [1.54, 1.807) is 0 Å². The molecule has 2 unspecified atom stereocenters. The Kier molecular flexibility index (Phi) is 3.45. The molecule has 0 N–H and O–H groups in total. The second kappa shape index (κ2) is 4.15. The first-order valence-corrected chi connectivity index (χ1v) is 4.50. The van der Waals surface area contributed by atoms with E-state index in [0.717, 1.165) is 13.2 Å². The lowest BCUT2D eigenvalue weighted by Gasteiger charge is -2.31. The van der Waals surface area contributed by atoms with E-state index in [1.165, 1.54) is 0 Å². The minimum Gasteiger partial charge on any atom is -0.750 e. The van der Waals surface area contributed by atoms with E-state index in [9.17, 15) is 8.76 Å². The summed E-state index contributed by atoms with van der Waals surface area (Å²) in [4.78, 5) is 0. The van der Waals surface area contributed by atoms with Crippen LogP contribution in [0.5, 0.6) is 0 Å². The average Bonchev–Trinajstić information content (AvgIpc) is 1.79. The third-order valence-corrected chi connectivity index (χ3v) is 2.22. The van der Waals surface area contributed by atoms with Gasteiger partial charge in [-0.25, -0.2) is 4.21 Å². The Bertz CT molecular complexity index is 146. The lowest BCUT2D eigenvalue weighted by molar-refractivity contribution is -0.0642. The maximum absolute atomic E-state index is 9.98. The van der Waals surface area contributed by atoms with Gasteiger partial charge in [-0.2, -0.15) is 0 Å². The van der Waals surface area contributed by atoms with E-state index < -0.39 is 11.4 Å². The van der Waals surface area contributed by atoms with Crippen LogP contribution < -0.4 is 0 Å². The lowest BCUT2D eigenvalue weighted by Crippen LogP contribution is -2.35. The summed E-state index contributed by atoms with van der Waals surface area (Å²) in [6.07, 6.45) is 0. The Labute approximate surface area is 68.4 Å². The molecule has 1 saturated heterocycles. The molecule has 0 radical (unpaired) electrons. The Morgan fingerprint density at radius 2 is 2.45 bits per heavy atom. The summed E-state index contributed by atoms with van der Waals surface area (Å²) in [5, 5.41) is 0. The second-order valence-corrected chi connectivity index (χ2v) is 3.41. The quantitative estimate of drug-likeness (QED) is 0.573. The second-order valence-electron chi connectivity index (χ2n) is 2.76.